The smallest absolute Gasteiger partial charge is 0.462 e. The van der Waals surface area contributed by atoms with Gasteiger partial charge in [0.05, 0.1) is 13.2 Å². The summed E-state index contributed by atoms with van der Waals surface area (Å²) in [6, 6.07) is 0. The molecule has 0 aromatic heterocycles. The maximum absolute atomic E-state index is 12.8. The van der Waals surface area contributed by atoms with Crippen LogP contribution in [0, 0.1) is 0 Å². The van der Waals surface area contributed by atoms with Gasteiger partial charge in [-0.15, -0.1) is 0 Å². The molecule has 2 unspecified atom stereocenters. The molecule has 9 nitrogen and oxygen atoms in total. The van der Waals surface area contributed by atoms with Crippen molar-refractivity contribution in [2.45, 2.75) is 341 Å². The second-order valence-corrected chi connectivity index (χ2v) is 26.2. The summed E-state index contributed by atoms with van der Waals surface area (Å²) in [5.74, 6) is -0.818. The van der Waals surface area contributed by atoms with Gasteiger partial charge in [0, 0.05) is 19.4 Å². The van der Waals surface area contributed by atoms with Crippen LogP contribution in [-0.2, 0) is 32.7 Å². The third-order valence-electron chi connectivity index (χ3n) is 16.0. The Morgan fingerprint density at radius 1 is 0.330 bits per heavy atom. The Bertz CT molecular complexity index is 1960. The standard InChI is InChI=1S/C81H140NO8P/c1-3-5-7-9-11-13-15-17-19-21-23-25-27-29-31-33-35-37-38-39-40-42-44-46-48-50-52-54-56-58-60-62-64-66-68-70-72-74-81(84)90-79(78-89-91(85,86)88-76-75-82)77-87-80(83)73-71-69-67-65-63-61-59-57-55-53-51-49-47-45-43-41-36-34-32-30-28-26-24-22-20-18-16-14-12-10-8-6-4-2/h5-8,11-14,17-20,23-26,29-32,35,37,79H,3-4,9-10,15-16,21-22,27-28,33-34,36,38-78,82H2,1-2H3,(H,85,86)/b7-5-,8-6-,13-11-,14-12-,19-17-,20-18-,25-23-,26-24-,31-29-,32-30-,37-35-. The molecule has 0 amide bonds. The van der Waals surface area contributed by atoms with E-state index in [9.17, 15) is 19.0 Å². The molecular weight excluding hydrogens is 1150 g/mol. The van der Waals surface area contributed by atoms with Gasteiger partial charge in [-0.05, 0) is 109 Å². The molecular formula is C81H140NO8P. The van der Waals surface area contributed by atoms with E-state index in [0.29, 0.717) is 6.42 Å². The van der Waals surface area contributed by atoms with Gasteiger partial charge in [0.2, 0.25) is 0 Å². The first-order valence-corrected chi connectivity index (χ1v) is 39.2. The van der Waals surface area contributed by atoms with E-state index in [-0.39, 0.29) is 38.6 Å². The molecule has 0 aliphatic carbocycles. The number of hydrogen-bond acceptors (Lipinski definition) is 8. The molecule has 0 aromatic carbocycles. The van der Waals surface area contributed by atoms with Gasteiger partial charge in [-0.25, -0.2) is 4.57 Å². The number of allylic oxidation sites excluding steroid dienone is 22. The molecule has 0 spiro atoms. The first-order chi connectivity index (χ1) is 44.8. The van der Waals surface area contributed by atoms with E-state index in [1.165, 1.54) is 193 Å². The maximum Gasteiger partial charge on any atom is 0.472 e. The highest BCUT2D eigenvalue weighted by Gasteiger charge is 2.26. The number of nitrogens with two attached hydrogens (primary N) is 1. The van der Waals surface area contributed by atoms with Crippen LogP contribution in [0.15, 0.2) is 134 Å². The van der Waals surface area contributed by atoms with Gasteiger partial charge in [-0.2, -0.15) is 0 Å². The van der Waals surface area contributed by atoms with Crippen molar-refractivity contribution in [2.75, 3.05) is 26.4 Å². The average molecular weight is 1290 g/mol. The van der Waals surface area contributed by atoms with Crippen LogP contribution >= 0.6 is 7.82 Å². The average Bonchev–Trinajstić information content (AvgIpc) is 3.74. The van der Waals surface area contributed by atoms with Crippen molar-refractivity contribution >= 4 is 19.8 Å². The number of hydrogen-bond donors (Lipinski definition) is 2. The van der Waals surface area contributed by atoms with Gasteiger partial charge in [0.25, 0.3) is 0 Å². The molecule has 0 fully saturated rings. The van der Waals surface area contributed by atoms with Crippen LogP contribution in [0.25, 0.3) is 0 Å². The molecule has 0 aliphatic rings. The third kappa shape index (κ3) is 75.1. The van der Waals surface area contributed by atoms with Crippen LogP contribution in [0.4, 0.5) is 0 Å². The van der Waals surface area contributed by atoms with Crippen molar-refractivity contribution in [2.24, 2.45) is 5.73 Å². The van der Waals surface area contributed by atoms with Crippen molar-refractivity contribution in [3.8, 4) is 0 Å². The zero-order chi connectivity index (χ0) is 65.8. The Morgan fingerprint density at radius 2 is 0.571 bits per heavy atom. The molecule has 0 bridgehead atoms. The lowest BCUT2D eigenvalue weighted by Crippen LogP contribution is -2.29. The fraction of sp³-hybridized carbons (Fsp3) is 0.704. The Morgan fingerprint density at radius 3 is 0.846 bits per heavy atom. The molecule has 3 N–H and O–H groups in total. The number of carbonyl (C=O) groups is 2. The van der Waals surface area contributed by atoms with E-state index < -0.39 is 26.5 Å². The normalized spacial score (nSPS) is 13.7. The van der Waals surface area contributed by atoms with Crippen LogP contribution in [0.1, 0.15) is 335 Å². The lowest BCUT2D eigenvalue weighted by atomic mass is 10.0. The van der Waals surface area contributed by atoms with Gasteiger partial charge >= 0.3 is 19.8 Å². The molecule has 0 radical (unpaired) electrons. The Balaban J connectivity index is 3.84. The minimum Gasteiger partial charge on any atom is -0.462 e. The summed E-state index contributed by atoms with van der Waals surface area (Å²) in [7, 11) is -4.40. The number of carbonyl (C=O) groups excluding carboxylic acids is 2. The van der Waals surface area contributed by atoms with Gasteiger partial charge in [-0.1, -0.05) is 347 Å². The number of ether oxygens (including phenoxy) is 2. The quantitative estimate of drug-likeness (QED) is 0.0264. The van der Waals surface area contributed by atoms with Crippen molar-refractivity contribution in [1.29, 1.82) is 0 Å². The van der Waals surface area contributed by atoms with Crippen LogP contribution < -0.4 is 5.73 Å². The summed E-state index contributed by atoms with van der Waals surface area (Å²) >= 11 is 0. The Labute approximate surface area is 561 Å². The van der Waals surface area contributed by atoms with Crippen molar-refractivity contribution < 1.29 is 37.6 Å². The third-order valence-corrected chi connectivity index (χ3v) is 17.0. The molecule has 0 aliphatic heterocycles. The zero-order valence-electron chi connectivity index (χ0n) is 58.8. The number of esters is 2. The van der Waals surface area contributed by atoms with Crippen LogP contribution in [0.3, 0.4) is 0 Å². The van der Waals surface area contributed by atoms with Gasteiger partial charge < -0.3 is 20.1 Å². The number of unbranched alkanes of at least 4 members (excludes halogenated alkanes) is 35. The van der Waals surface area contributed by atoms with Crippen molar-refractivity contribution in [3.63, 3.8) is 0 Å². The molecule has 0 saturated carbocycles. The lowest BCUT2D eigenvalue weighted by molar-refractivity contribution is -0.161. The molecule has 0 saturated heterocycles. The van der Waals surface area contributed by atoms with E-state index in [1.54, 1.807) is 0 Å². The summed E-state index contributed by atoms with van der Waals surface area (Å²) in [4.78, 5) is 35.4. The molecule has 2 atom stereocenters. The highest BCUT2D eigenvalue weighted by molar-refractivity contribution is 7.47. The molecule has 522 valence electrons. The first kappa shape index (κ1) is 87.2. The first-order valence-electron chi connectivity index (χ1n) is 37.7. The molecule has 0 aromatic rings. The van der Waals surface area contributed by atoms with Crippen molar-refractivity contribution in [1.82, 2.24) is 0 Å². The highest BCUT2D eigenvalue weighted by atomic mass is 31.2. The molecule has 10 heteroatoms. The van der Waals surface area contributed by atoms with Crippen LogP contribution in [0.2, 0.25) is 0 Å². The summed E-state index contributed by atoms with van der Waals surface area (Å²) in [5, 5.41) is 0. The lowest BCUT2D eigenvalue weighted by Gasteiger charge is -2.19. The van der Waals surface area contributed by atoms with E-state index >= 15 is 0 Å². The Kier molecular flexibility index (Phi) is 72.0. The topological polar surface area (TPSA) is 134 Å². The number of phosphoric ester groups is 1. The van der Waals surface area contributed by atoms with Crippen LogP contribution in [0.5, 0.6) is 0 Å². The molecule has 0 rings (SSSR count). The molecule has 91 heavy (non-hydrogen) atoms. The number of phosphoric acid groups is 1. The highest BCUT2D eigenvalue weighted by Crippen LogP contribution is 2.43. The Hall–Kier alpha value is -3.85. The summed E-state index contributed by atoms with van der Waals surface area (Å²) in [6.07, 6.45) is 107. The summed E-state index contributed by atoms with van der Waals surface area (Å²) in [6.45, 7) is 3.55. The van der Waals surface area contributed by atoms with Gasteiger partial charge in [-0.3, -0.25) is 18.6 Å². The summed E-state index contributed by atoms with van der Waals surface area (Å²) < 4.78 is 33.3. The second kappa shape index (κ2) is 75.2. The van der Waals surface area contributed by atoms with E-state index in [0.717, 1.165) is 109 Å². The zero-order valence-corrected chi connectivity index (χ0v) is 59.7. The van der Waals surface area contributed by atoms with E-state index in [2.05, 4.69) is 148 Å². The second-order valence-electron chi connectivity index (χ2n) is 24.8. The fourth-order valence-corrected chi connectivity index (χ4v) is 11.3. The van der Waals surface area contributed by atoms with E-state index in [1.807, 2.05) is 0 Å². The predicted molar refractivity (Wildman–Crippen MR) is 394 cm³/mol. The monoisotopic (exact) mass is 1290 g/mol. The summed E-state index contributed by atoms with van der Waals surface area (Å²) in [5.41, 5.74) is 5.41. The van der Waals surface area contributed by atoms with Crippen molar-refractivity contribution in [3.05, 3.63) is 134 Å². The molecule has 0 heterocycles. The maximum atomic E-state index is 12.8. The number of rotatable bonds is 70. The van der Waals surface area contributed by atoms with Crippen LogP contribution in [-0.4, -0.2) is 49.3 Å². The predicted octanol–water partition coefficient (Wildman–Crippen LogP) is 25.2. The minimum atomic E-state index is -4.40. The fourth-order valence-electron chi connectivity index (χ4n) is 10.6. The van der Waals surface area contributed by atoms with Gasteiger partial charge in [0.1, 0.15) is 6.61 Å². The largest absolute Gasteiger partial charge is 0.472 e. The van der Waals surface area contributed by atoms with Gasteiger partial charge in [0.15, 0.2) is 6.10 Å². The van der Waals surface area contributed by atoms with E-state index in [4.69, 9.17) is 24.3 Å². The minimum absolute atomic E-state index is 0.0507. The SMILES string of the molecule is CC/C=C\C/C=C\C/C=C\C/C=C\C/C=C\C/C=C\CCCCCCCCCCCCCCCCCCCCC(=O)OC(COC(=O)CCCCCCCCCCCCCCCCCCC/C=C\C/C=C\C/C=C\C/C=C\C/C=C\CC)COP(=O)(O)OCCN.